The molecule has 0 bridgehead atoms. The van der Waals surface area contributed by atoms with Crippen molar-refractivity contribution < 1.29 is 12.8 Å². The molecule has 0 spiro atoms. The predicted octanol–water partition coefficient (Wildman–Crippen LogP) is 2.68. The van der Waals surface area contributed by atoms with Crippen molar-refractivity contribution in [1.29, 1.82) is 0 Å². The summed E-state index contributed by atoms with van der Waals surface area (Å²) in [7, 11) is -3.91. The third kappa shape index (κ3) is 2.85. The molecule has 0 aliphatic heterocycles. The maximum Gasteiger partial charge on any atom is 0.246 e. The minimum atomic E-state index is -3.91. The Kier molecular flexibility index (Phi) is 4.14. The number of sulfonamides is 1. The van der Waals surface area contributed by atoms with Gasteiger partial charge in [0.25, 0.3) is 0 Å². The minimum absolute atomic E-state index is 0.123. The van der Waals surface area contributed by atoms with Crippen LogP contribution in [0.2, 0.25) is 0 Å². The molecule has 0 aliphatic carbocycles. The zero-order valence-corrected chi connectivity index (χ0v) is 13.4. The first kappa shape index (κ1) is 15.6. The van der Waals surface area contributed by atoms with Gasteiger partial charge in [-0.1, -0.05) is 25.1 Å². The highest BCUT2D eigenvalue weighted by Gasteiger charge is 2.26. The van der Waals surface area contributed by atoms with Crippen LogP contribution in [0, 0.1) is 5.82 Å². The summed E-state index contributed by atoms with van der Waals surface area (Å²) in [6.07, 6.45) is 3.45. The number of hydrogen-bond acceptors (Lipinski definition) is 3. The van der Waals surface area contributed by atoms with Crippen LogP contribution in [0.15, 0.2) is 59.8 Å². The molecule has 1 aromatic carbocycles. The van der Waals surface area contributed by atoms with Crippen LogP contribution in [0.25, 0.3) is 5.65 Å². The number of hydrogen-bond donors (Lipinski definition) is 0. The van der Waals surface area contributed by atoms with Gasteiger partial charge in [0, 0.05) is 12.7 Å². The minimum Gasteiger partial charge on any atom is -0.303 e. The summed E-state index contributed by atoms with van der Waals surface area (Å²) in [4.78, 5) is 3.94. The number of benzene rings is 1. The smallest absolute Gasteiger partial charge is 0.246 e. The lowest BCUT2D eigenvalue weighted by atomic mass is 10.3. The van der Waals surface area contributed by atoms with E-state index in [2.05, 4.69) is 4.98 Å². The fourth-order valence-electron chi connectivity index (χ4n) is 2.44. The van der Waals surface area contributed by atoms with Gasteiger partial charge in [0.05, 0.1) is 18.4 Å². The van der Waals surface area contributed by atoms with E-state index in [1.54, 1.807) is 13.1 Å². The zero-order valence-electron chi connectivity index (χ0n) is 12.6. The van der Waals surface area contributed by atoms with Gasteiger partial charge in [-0.3, -0.25) is 0 Å². The zero-order chi connectivity index (χ0) is 16.4. The van der Waals surface area contributed by atoms with Crippen LogP contribution in [-0.2, 0) is 16.6 Å². The van der Waals surface area contributed by atoms with Gasteiger partial charge in [-0.05, 0) is 24.3 Å². The van der Waals surface area contributed by atoms with Gasteiger partial charge in [-0.25, -0.2) is 17.8 Å². The van der Waals surface area contributed by atoms with Gasteiger partial charge < -0.3 is 4.40 Å². The molecule has 0 saturated heterocycles. The standard InChI is InChI=1S/C16H16FN3O2S/c1-2-19(23(21,22)15-8-4-3-7-14(15)17)12-13-11-18-16-9-5-6-10-20(13)16/h3-11H,2,12H2,1H3. The predicted molar refractivity (Wildman–Crippen MR) is 84.9 cm³/mol. The number of pyridine rings is 1. The third-order valence-electron chi connectivity index (χ3n) is 3.64. The van der Waals surface area contributed by atoms with Crippen LogP contribution in [0.4, 0.5) is 4.39 Å². The summed E-state index contributed by atoms with van der Waals surface area (Å²) in [6, 6.07) is 11.0. The molecule has 23 heavy (non-hydrogen) atoms. The average molecular weight is 333 g/mol. The topological polar surface area (TPSA) is 54.7 Å². The molecule has 120 valence electrons. The van der Waals surface area contributed by atoms with E-state index in [9.17, 15) is 12.8 Å². The van der Waals surface area contributed by atoms with E-state index in [4.69, 9.17) is 0 Å². The lowest BCUT2D eigenvalue weighted by molar-refractivity contribution is 0.414. The van der Waals surface area contributed by atoms with Gasteiger partial charge >= 0.3 is 0 Å². The number of halogens is 1. The molecule has 0 atom stereocenters. The van der Waals surface area contributed by atoms with Crippen LogP contribution >= 0.6 is 0 Å². The van der Waals surface area contributed by atoms with Crippen molar-refractivity contribution in [3.8, 4) is 0 Å². The van der Waals surface area contributed by atoms with Crippen molar-refractivity contribution >= 4 is 15.7 Å². The Hall–Kier alpha value is -2.25. The van der Waals surface area contributed by atoms with Gasteiger partial charge in [-0.2, -0.15) is 4.31 Å². The normalized spacial score (nSPS) is 12.1. The molecule has 0 saturated carbocycles. The molecule has 0 unspecified atom stereocenters. The molecule has 5 nitrogen and oxygen atoms in total. The quantitative estimate of drug-likeness (QED) is 0.721. The van der Waals surface area contributed by atoms with E-state index in [-0.39, 0.29) is 18.0 Å². The SMILES string of the molecule is CCN(Cc1cnc2ccccn12)S(=O)(=O)c1ccccc1F. The second kappa shape index (κ2) is 6.10. The lowest BCUT2D eigenvalue weighted by Gasteiger charge is -2.20. The number of rotatable bonds is 5. The first-order valence-corrected chi connectivity index (χ1v) is 8.63. The summed E-state index contributed by atoms with van der Waals surface area (Å²) in [5.74, 6) is -0.746. The van der Waals surface area contributed by atoms with Crippen LogP contribution in [-0.4, -0.2) is 28.7 Å². The van der Waals surface area contributed by atoms with Crippen molar-refractivity contribution in [2.75, 3.05) is 6.54 Å². The van der Waals surface area contributed by atoms with Gasteiger partial charge in [0.15, 0.2) is 0 Å². The number of aromatic nitrogens is 2. The van der Waals surface area contributed by atoms with Crippen LogP contribution in [0.5, 0.6) is 0 Å². The summed E-state index contributed by atoms with van der Waals surface area (Å²) in [5, 5.41) is 0. The Bertz CT molecular complexity index is 937. The maximum absolute atomic E-state index is 13.9. The highest BCUT2D eigenvalue weighted by Crippen LogP contribution is 2.21. The van der Waals surface area contributed by atoms with Crippen LogP contribution < -0.4 is 0 Å². The second-order valence-corrected chi connectivity index (χ2v) is 6.95. The third-order valence-corrected chi connectivity index (χ3v) is 5.59. The van der Waals surface area contributed by atoms with Crippen molar-refractivity contribution in [2.24, 2.45) is 0 Å². The Morgan fingerprint density at radius 2 is 1.91 bits per heavy atom. The first-order valence-electron chi connectivity index (χ1n) is 7.19. The van der Waals surface area contributed by atoms with Gasteiger partial charge in [0.1, 0.15) is 16.4 Å². The van der Waals surface area contributed by atoms with Crippen molar-refractivity contribution in [3.05, 3.63) is 66.4 Å². The Morgan fingerprint density at radius 1 is 1.17 bits per heavy atom. The van der Waals surface area contributed by atoms with Crippen molar-refractivity contribution in [3.63, 3.8) is 0 Å². The summed E-state index contributed by atoms with van der Waals surface area (Å²) in [5.41, 5.74) is 1.46. The van der Waals surface area contributed by atoms with Gasteiger partial charge in [-0.15, -0.1) is 0 Å². The lowest BCUT2D eigenvalue weighted by Crippen LogP contribution is -2.31. The summed E-state index contributed by atoms with van der Waals surface area (Å²) < 4.78 is 42.4. The molecule has 0 radical (unpaired) electrons. The van der Waals surface area contributed by atoms with Crippen LogP contribution in [0.1, 0.15) is 12.6 Å². The molecule has 2 heterocycles. The molecule has 0 fully saturated rings. The second-order valence-electron chi connectivity index (χ2n) is 5.04. The molecule has 3 rings (SSSR count). The Morgan fingerprint density at radius 3 is 2.65 bits per heavy atom. The fourth-order valence-corrected chi connectivity index (χ4v) is 3.93. The molecule has 7 heteroatoms. The molecular weight excluding hydrogens is 317 g/mol. The van der Waals surface area contributed by atoms with E-state index in [1.165, 1.54) is 22.5 Å². The van der Waals surface area contributed by atoms with E-state index in [0.717, 1.165) is 17.4 Å². The molecule has 3 aromatic rings. The summed E-state index contributed by atoms with van der Waals surface area (Å²) >= 11 is 0. The maximum atomic E-state index is 13.9. The highest BCUT2D eigenvalue weighted by atomic mass is 32.2. The molecule has 2 aromatic heterocycles. The monoisotopic (exact) mass is 333 g/mol. The number of nitrogens with zero attached hydrogens (tertiary/aromatic N) is 3. The molecule has 0 N–H and O–H groups in total. The van der Waals surface area contributed by atoms with Crippen molar-refractivity contribution in [2.45, 2.75) is 18.4 Å². The molecular formula is C16H16FN3O2S. The highest BCUT2D eigenvalue weighted by molar-refractivity contribution is 7.89. The Labute approximate surface area is 134 Å². The van der Waals surface area contributed by atoms with Crippen molar-refractivity contribution in [1.82, 2.24) is 13.7 Å². The Balaban J connectivity index is 1.98. The average Bonchev–Trinajstić information content (AvgIpc) is 2.95. The largest absolute Gasteiger partial charge is 0.303 e. The van der Waals surface area contributed by atoms with E-state index in [0.29, 0.717) is 0 Å². The van der Waals surface area contributed by atoms with Crippen LogP contribution in [0.3, 0.4) is 0 Å². The van der Waals surface area contributed by atoms with E-state index < -0.39 is 15.8 Å². The number of fused-ring (bicyclic) bond motifs is 1. The first-order chi connectivity index (χ1) is 11.0. The number of imidazole rings is 1. The molecule has 0 aliphatic rings. The summed E-state index contributed by atoms with van der Waals surface area (Å²) in [6.45, 7) is 2.08. The van der Waals surface area contributed by atoms with E-state index in [1.807, 2.05) is 28.8 Å². The van der Waals surface area contributed by atoms with E-state index >= 15 is 0 Å². The van der Waals surface area contributed by atoms with Gasteiger partial charge in [0.2, 0.25) is 10.0 Å². The fraction of sp³-hybridized carbons (Fsp3) is 0.188. The molecule has 0 amide bonds.